The summed E-state index contributed by atoms with van der Waals surface area (Å²) in [6.45, 7) is 1.40. The quantitative estimate of drug-likeness (QED) is 0.400. The average molecular weight is 442 g/mol. The lowest BCUT2D eigenvalue weighted by Gasteiger charge is -2.09. The highest BCUT2D eigenvalue weighted by Gasteiger charge is 2.13. The van der Waals surface area contributed by atoms with Crippen molar-refractivity contribution in [2.45, 2.75) is 6.42 Å². The molecule has 0 aliphatic heterocycles. The number of H-pyrrole nitrogens is 1. The van der Waals surface area contributed by atoms with Crippen molar-refractivity contribution in [3.63, 3.8) is 0 Å². The van der Waals surface area contributed by atoms with Gasteiger partial charge in [-0.25, -0.2) is 9.36 Å². The molecule has 1 aromatic heterocycles. The van der Waals surface area contributed by atoms with Crippen LogP contribution < -0.4 is 11.2 Å². The second-order valence-corrected chi connectivity index (χ2v) is 6.75. The summed E-state index contributed by atoms with van der Waals surface area (Å²) in [4.78, 5) is 32.4. The molecule has 0 unspecified atom stereocenters. The molecule has 2 aromatic rings. The fourth-order valence-corrected chi connectivity index (χ4v) is 2.48. The van der Waals surface area contributed by atoms with Gasteiger partial charge in [0, 0.05) is 16.3 Å². The smallest absolute Gasteiger partial charge is 0.335 e. The number of hydrogen-bond donors (Lipinski definition) is 2. The average Bonchev–Trinajstić information content (AvgIpc) is 2.51. The summed E-state index contributed by atoms with van der Waals surface area (Å²) >= 11 is 2.14. The number of aromatic amines is 1. The molecule has 0 spiro atoms. The molecule has 1 aromatic carbocycles. The van der Waals surface area contributed by atoms with Crippen molar-refractivity contribution in [3.8, 4) is 11.6 Å². The Hall–Kier alpha value is -1.94. The van der Waals surface area contributed by atoms with Gasteiger partial charge in [-0.15, -0.1) is 0 Å². The van der Waals surface area contributed by atoms with Gasteiger partial charge in [0.05, 0.1) is 5.69 Å². The maximum Gasteiger partial charge on any atom is 0.335 e. The molecule has 1 heterocycles. The van der Waals surface area contributed by atoms with E-state index in [9.17, 15) is 14.7 Å². The molecule has 24 heavy (non-hydrogen) atoms. The van der Waals surface area contributed by atoms with Gasteiger partial charge in [-0.2, -0.15) is 0 Å². The van der Waals surface area contributed by atoms with Crippen LogP contribution in [0.1, 0.15) is 12.0 Å². The van der Waals surface area contributed by atoms with Crippen LogP contribution in [0.3, 0.4) is 0 Å². The first-order valence-corrected chi connectivity index (χ1v) is 8.47. The topological polar surface area (TPSA) is 90.7 Å². The zero-order chi connectivity index (χ0) is 17.7. The predicted octanol–water partition coefficient (Wildman–Crippen LogP) is 1.21. The standard InChI is InChI=1S/C16H19IN4O3/c1-20(2)9-3-8-18-10-13-14(22)19-16(24)21(15(13)23)12-6-4-11(17)5-7-12/h4-7,10,23H,3,8-9H2,1-2H3,(H,19,22,24). The largest absolute Gasteiger partial charge is 0.493 e. The van der Waals surface area contributed by atoms with Crippen molar-refractivity contribution in [1.29, 1.82) is 0 Å². The third-order valence-electron chi connectivity index (χ3n) is 3.32. The number of halogens is 1. The first-order valence-electron chi connectivity index (χ1n) is 7.39. The Morgan fingerprint density at radius 2 is 1.96 bits per heavy atom. The fraction of sp³-hybridized carbons (Fsp3) is 0.312. The Labute approximate surface area is 152 Å². The molecule has 0 aliphatic carbocycles. The van der Waals surface area contributed by atoms with Crippen molar-refractivity contribution in [2.24, 2.45) is 4.99 Å². The van der Waals surface area contributed by atoms with Gasteiger partial charge in [0.15, 0.2) is 0 Å². The molecule has 0 bridgehead atoms. The number of aromatic nitrogens is 2. The van der Waals surface area contributed by atoms with E-state index in [4.69, 9.17) is 0 Å². The van der Waals surface area contributed by atoms with Crippen molar-refractivity contribution in [2.75, 3.05) is 27.2 Å². The van der Waals surface area contributed by atoms with E-state index in [0.717, 1.165) is 21.1 Å². The van der Waals surface area contributed by atoms with Gasteiger partial charge in [0.2, 0.25) is 5.88 Å². The maximum absolute atomic E-state index is 12.0. The van der Waals surface area contributed by atoms with E-state index in [0.29, 0.717) is 12.2 Å². The highest BCUT2D eigenvalue weighted by atomic mass is 127. The van der Waals surface area contributed by atoms with Gasteiger partial charge in [0.1, 0.15) is 5.56 Å². The monoisotopic (exact) mass is 442 g/mol. The van der Waals surface area contributed by atoms with Gasteiger partial charge >= 0.3 is 5.69 Å². The molecule has 0 amide bonds. The normalized spacial score (nSPS) is 11.5. The zero-order valence-corrected chi connectivity index (χ0v) is 15.6. The molecule has 2 rings (SSSR count). The fourth-order valence-electron chi connectivity index (χ4n) is 2.12. The van der Waals surface area contributed by atoms with Crippen LogP contribution in [0.5, 0.6) is 5.88 Å². The number of nitrogens with zero attached hydrogens (tertiary/aromatic N) is 3. The van der Waals surface area contributed by atoms with Crippen molar-refractivity contribution >= 4 is 28.8 Å². The highest BCUT2D eigenvalue weighted by Crippen LogP contribution is 2.16. The first-order chi connectivity index (χ1) is 11.4. The van der Waals surface area contributed by atoms with Gasteiger partial charge in [-0.05, 0) is 73.9 Å². The van der Waals surface area contributed by atoms with Crippen LogP contribution in [0, 0.1) is 3.57 Å². The number of aliphatic imine (C=N–C) groups is 1. The summed E-state index contributed by atoms with van der Waals surface area (Å²) in [6, 6.07) is 7.00. The minimum atomic E-state index is -0.691. The summed E-state index contributed by atoms with van der Waals surface area (Å²) in [6.07, 6.45) is 2.14. The van der Waals surface area contributed by atoms with E-state index < -0.39 is 17.1 Å². The molecule has 0 saturated carbocycles. The molecule has 0 atom stereocenters. The van der Waals surface area contributed by atoms with Crippen LogP contribution in [-0.2, 0) is 0 Å². The van der Waals surface area contributed by atoms with E-state index in [1.165, 1.54) is 6.21 Å². The number of aromatic hydroxyl groups is 1. The number of hydrogen-bond acceptors (Lipinski definition) is 5. The minimum absolute atomic E-state index is 0.0296. The van der Waals surface area contributed by atoms with Gasteiger partial charge in [-0.3, -0.25) is 14.8 Å². The number of nitrogens with one attached hydrogen (secondary N) is 1. The Kier molecular flexibility index (Phi) is 6.32. The lowest BCUT2D eigenvalue weighted by molar-refractivity contribution is 0.403. The molecule has 0 radical (unpaired) electrons. The third kappa shape index (κ3) is 4.54. The van der Waals surface area contributed by atoms with Crippen LogP contribution >= 0.6 is 22.6 Å². The van der Waals surface area contributed by atoms with Gasteiger partial charge in [-0.1, -0.05) is 0 Å². The second-order valence-electron chi connectivity index (χ2n) is 5.50. The molecule has 7 nitrogen and oxygen atoms in total. The summed E-state index contributed by atoms with van der Waals surface area (Å²) in [7, 11) is 3.94. The van der Waals surface area contributed by atoms with Crippen LogP contribution in [0.15, 0.2) is 38.8 Å². The van der Waals surface area contributed by atoms with E-state index in [1.54, 1.807) is 12.1 Å². The minimum Gasteiger partial charge on any atom is -0.493 e. The Morgan fingerprint density at radius 1 is 1.29 bits per heavy atom. The van der Waals surface area contributed by atoms with Crippen molar-refractivity contribution in [1.82, 2.24) is 14.5 Å². The van der Waals surface area contributed by atoms with E-state index in [1.807, 2.05) is 31.1 Å². The third-order valence-corrected chi connectivity index (χ3v) is 4.04. The molecular formula is C16H19IN4O3. The van der Waals surface area contributed by atoms with Crippen LogP contribution in [0.2, 0.25) is 0 Å². The van der Waals surface area contributed by atoms with E-state index in [2.05, 4.69) is 32.6 Å². The van der Waals surface area contributed by atoms with Gasteiger partial charge < -0.3 is 10.0 Å². The summed E-state index contributed by atoms with van der Waals surface area (Å²) in [5, 5.41) is 10.4. The summed E-state index contributed by atoms with van der Waals surface area (Å²) in [5.41, 5.74) is -0.909. The molecular weight excluding hydrogens is 423 g/mol. The Balaban J connectivity index is 2.34. The highest BCUT2D eigenvalue weighted by molar-refractivity contribution is 14.1. The first kappa shape index (κ1) is 18.4. The molecule has 8 heteroatoms. The molecule has 0 fully saturated rings. The maximum atomic E-state index is 12.0. The Bertz CT molecular complexity index is 838. The van der Waals surface area contributed by atoms with E-state index in [-0.39, 0.29) is 5.56 Å². The Morgan fingerprint density at radius 3 is 2.58 bits per heavy atom. The summed E-state index contributed by atoms with van der Waals surface area (Å²) in [5.74, 6) is -0.415. The second kappa shape index (κ2) is 8.25. The number of benzene rings is 1. The van der Waals surface area contributed by atoms with Crippen molar-refractivity contribution in [3.05, 3.63) is 54.2 Å². The lowest BCUT2D eigenvalue weighted by Crippen LogP contribution is -2.31. The van der Waals surface area contributed by atoms with Crippen LogP contribution in [0.4, 0.5) is 0 Å². The van der Waals surface area contributed by atoms with Crippen LogP contribution in [-0.4, -0.2) is 53.0 Å². The van der Waals surface area contributed by atoms with Gasteiger partial charge in [0.25, 0.3) is 5.56 Å². The summed E-state index contributed by atoms with van der Waals surface area (Å²) < 4.78 is 2.05. The number of rotatable bonds is 6. The van der Waals surface area contributed by atoms with Crippen molar-refractivity contribution < 1.29 is 5.11 Å². The van der Waals surface area contributed by atoms with Crippen LogP contribution in [0.25, 0.3) is 5.69 Å². The van der Waals surface area contributed by atoms with E-state index >= 15 is 0 Å². The lowest BCUT2D eigenvalue weighted by atomic mass is 10.3. The molecule has 2 N–H and O–H groups in total. The molecule has 0 saturated heterocycles. The SMILES string of the molecule is CN(C)CCCN=Cc1c(O)n(-c2ccc(I)cc2)c(=O)[nH]c1=O. The zero-order valence-electron chi connectivity index (χ0n) is 13.5. The molecule has 128 valence electrons. The molecule has 0 aliphatic rings. The predicted molar refractivity (Wildman–Crippen MR) is 103 cm³/mol.